The summed E-state index contributed by atoms with van der Waals surface area (Å²) in [5.41, 5.74) is 0.869. The zero-order chi connectivity index (χ0) is 14.2. The summed E-state index contributed by atoms with van der Waals surface area (Å²) in [5.74, 6) is 0.116. The molecule has 2 fully saturated rings. The van der Waals surface area contributed by atoms with E-state index in [0.717, 1.165) is 25.1 Å². The molecule has 20 heavy (non-hydrogen) atoms. The van der Waals surface area contributed by atoms with Gasteiger partial charge in [0.05, 0.1) is 5.75 Å². The highest BCUT2D eigenvalue weighted by Gasteiger charge is 2.39. The molecule has 0 N–H and O–H groups in total. The highest BCUT2D eigenvalue weighted by atomic mass is 32.2. The lowest BCUT2D eigenvalue weighted by molar-refractivity contribution is 0.117. The summed E-state index contributed by atoms with van der Waals surface area (Å²) >= 11 is 0. The van der Waals surface area contributed by atoms with Crippen molar-refractivity contribution in [2.45, 2.75) is 37.6 Å². The maximum Gasteiger partial charge on any atom is 0.218 e. The quantitative estimate of drug-likeness (QED) is 0.852. The fraction of sp³-hybridized carbons (Fsp3) is 0.600. The summed E-state index contributed by atoms with van der Waals surface area (Å²) in [4.78, 5) is 2.44. The number of benzene rings is 1. The van der Waals surface area contributed by atoms with E-state index in [2.05, 4.69) is 4.90 Å². The molecule has 0 bridgehead atoms. The summed E-state index contributed by atoms with van der Waals surface area (Å²) in [5, 5.41) is 0. The molecule has 0 unspecified atom stereocenters. The molecule has 0 saturated carbocycles. The summed E-state index contributed by atoms with van der Waals surface area (Å²) in [6.07, 6.45) is 2.33. The molecule has 1 aromatic carbocycles. The Labute approximate surface area is 121 Å². The van der Waals surface area contributed by atoms with E-state index in [4.69, 9.17) is 0 Å². The van der Waals surface area contributed by atoms with E-state index in [1.54, 1.807) is 4.31 Å². The molecule has 1 aromatic rings. The summed E-state index contributed by atoms with van der Waals surface area (Å²) in [6.45, 7) is 4.69. The van der Waals surface area contributed by atoms with Gasteiger partial charge in [0, 0.05) is 25.2 Å². The van der Waals surface area contributed by atoms with E-state index in [9.17, 15) is 8.42 Å². The minimum Gasteiger partial charge on any atom is -0.297 e. The number of hydrogen-bond acceptors (Lipinski definition) is 3. The van der Waals surface area contributed by atoms with Crippen molar-refractivity contribution in [3.8, 4) is 0 Å². The Balaban J connectivity index is 1.76. The van der Waals surface area contributed by atoms with E-state index >= 15 is 0 Å². The molecule has 0 amide bonds. The second kappa shape index (κ2) is 5.47. The molecule has 0 radical (unpaired) electrons. The van der Waals surface area contributed by atoms with Crippen LogP contribution in [0.2, 0.25) is 0 Å². The van der Waals surface area contributed by atoms with Gasteiger partial charge in [-0.2, -0.15) is 4.31 Å². The van der Waals surface area contributed by atoms with E-state index in [1.165, 1.54) is 6.42 Å². The molecule has 0 spiro atoms. The fourth-order valence-corrected chi connectivity index (χ4v) is 5.21. The van der Waals surface area contributed by atoms with Gasteiger partial charge in [-0.3, -0.25) is 4.90 Å². The van der Waals surface area contributed by atoms with E-state index in [-0.39, 0.29) is 11.8 Å². The molecule has 0 aromatic heterocycles. The molecular formula is C15H22N2O2S. The Bertz CT molecular complexity index is 558. The molecule has 2 saturated heterocycles. The van der Waals surface area contributed by atoms with Gasteiger partial charge in [0.15, 0.2) is 0 Å². The van der Waals surface area contributed by atoms with Crippen molar-refractivity contribution < 1.29 is 8.42 Å². The molecule has 2 heterocycles. The first-order valence-electron chi connectivity index (χ1n) is 7.34. The van der Waals surface area contributed by atoms with Gasteiger partial charge in [-0.05, 0) is 31.9 Å². The van der Waals surface area contributed by atoms with Crippen LogP contribution in [0.25, 0.3) is 0 Å². The second-order valence-corrected chi connectivity index (χ2v) is 7.87. The van der Waals surface area contributed by atoms with Crippen LogP contribution >= 0.6 is 0 Å². The lowest BCUT2D eigenvalue weighted by Gasteiger charge is -2.41. The average Bonchev–Trinajstić information content (AvgIpc) is 2.85. The SMILES string of the molecule is C[C@H]1CN2CCC[C@H]2CN1S(=O)(=O)Cc1ccccc1. The number of nitrogens with zero attached hydrogens (tertiary/aromatic N) is 2. The third kappa shape index (κ3) is 2.75. The smallest absolute Gasteiger partial charge is 0.218 e. The van der Waals surface area contributed by atoms with Gasteiger partial charge in [0.1, 0.15) is 0 Å². The molecular weight excluding hydrogens is 272 g/mol. The third-order valence-electron chi connectivity index (χ3n) is 4.43. The van der Waals surface area contributed by atoms with Crippen molar-refractivity contribution in [3.63, 3.8) is 0 Å². The minimum atomic E-state index is -3.22. The van der Waals surface area contributed by atoms with Crippen LogP contribution in [-0.4, -0.2) is 49.3 Å². The van der Waals surface area contributed by atoms with Crippen molar-refractivity contribution in [1.29, 1.82) is 0 Å². The molecule has 3 rings (SSSR count). The van der Waals surface area contributed by atoms with Crippen LogP contribution in [-0.2, 0) is 15.8 Å². The number of rotatable bonds is 3. The highest BCUT2D eigenvalue weighted by molar-refractivity contribution is 7.88. The number of piperazine rings is 1. The maximum atomic E-state index is 12.7. The molecule has 2 atom stereocenters. The van der Waals surface area contributed by atoms with Gasteiger partial charge in [-0.15, -0.1) is 0 Å². The zero-order valence-electron chi connectivity index (χ0n) is 11.9. The number of fused-ring (bicyclic) bond motifs is 1. The standard InChI is InChI=1S/C15H22N2O2S/c1-13-10-16-9-5-8-15(16)11-17(13)20(18,19)12-14-6-3-2-4-7-14/h2-4,6-7,13,15H,5,8-12H2,1H3/t13-,15-/m0/s1. The Morgan fingerprint density at radius 3 is 2.70 bits per heavy atom. The van der Waals surface area contributed by atoms with E-state index in [0.29, 0.717) is 12.6 Å². The summed E-state index contributed by atoms with van der Waals surface area (Å²) in [7, 11) is -3.22. The van der Waals surface area contributed by atoms with Crippen LogP contribution in [0.3, 0.4) is 0 Å². The van der Waals surface area contributed by atoms with Crippen LogP contribution in [0.5, 0.6) is 0 Å². The Morgan fingerprint density at radius 1 is 1.20 bits per heavy atom. The first-order valence-corrected chi connectivity index (χ1v) is 8.95. The van der Waals surface area contributed by atoms with Crippen LogP contribution in [0, 0.1) is 0 Å². The van der Waals surface area contributed by atoms with Gasteiger partial charge in [0.2, 0.25) is 10.0 Å². The molecule has 0 aliphatic carbocycles. The molecule has 5 heteroatoms. The van der Waals surface area contributed by atoms with Crippen LogP contribution in [0.4, 0.5) is 0 Å². The average molecular weight is 294 g/mol. The van der Waals surface area contributed by atoms with Crippen LogP contribution < -0.4 is 0 Å². The fourth-order valence-electron chi connectivity index (χ4n) is 3.42. The Hall–Kier alpha value is -0.910. The van der Waals surface area contributed by atoms with Crippen molar-refractivity contribution in [3.05, 3.63) is 35.9 Å². The topological polar surface area (TPSA) is 40.6 Å². The van der Waals surface area contributed by atoms with Crippen molar-refractivity contribution in [2.75, 3.05) is 19.6 Å². The predicted octanol–water partition coefficient (Wildman–Crippen LogP) is 1.68. The Kier molecular flexibility index (Phi) is 3.84. The first kappa shape index (κ1) is 14.0. The third-order valence-corrected chi connectivity index (χ3v) is 6.35. The van der Waals surface area contributed by atoms with Crippen LogP contribution in [0.1, 0.15) is 25.3 Å². The highest BCUT2D eigenvalue weighted by Crippen LogP contribution is 2.27. The van der Waals surface area contributed by atoms with Crippen molar-refractivity contribution in [2.24, 2.45) is 0 Å². The van der Waals surface area contributed by atoms with E-state index < -0.39 is 10.0 Å². The Morgan fingerprint density at radius 2 is 1.95 bits per heavy atom. The van der Waals surface area contributed by atoms with Gasteiger partial charge in [-0.1, -0.05) is 30.3 Å². The number of sulfonamides is 1. The first-order chi connectivity index (χ1) is 9.56. The maximum absolute atomic E-state index is 12.7. The number of hydrogen-bond donors (Lipinski definition) is 0. The summed E-state index contributed by atoms with van der Waals surface area (Å²) < 4.78 is 27.1. The normalized spacial score (nSPS) is 28.4. The lowest BCUT2D eigenvalue weighted by Crippen LogP contribution is -2.56. The molecule has 110 valence electrons. The van der Waals surface area contributed by atoms with Gasteiger partial charge >= 0.3 is 0 Å². The molecule has 2 aliphatic heterocycles. The second-order valence-electron chi connectivity index (χ2n) is 5.95. The minimum absolute atomic E-state index is 0.0815. The van der Waals surface area contributed by atoms with Crippen molar-refractivity contribution in [1.82, 2.24) is 9.21 Å². The summed E-state index contributed by atoms with van der Waals surface area (Å²) in [6, 6.07) is 9.97. The zero-order valence-corrected chi connectivity index (χ0v) is 12.7. The predicted molar refractivity (Wildman–Crippen MR) is 79.8 cm³/mol. The largest absolute Gasteiger partial charge is 0.297 e. The lowest BCUT2D eigenvalue weighted by atomic mass is 10.1. The van der Waals surface area contributed by atoms with Crippen LogP contribution in [0.15, 0.2) is 30.3 Å². The molecule has 4 nitrogen and oxygen atoms in total. The van der Waals surface area contributed by atoms with Gasteiger partial charge in [-0.25, -0.2) is 8.42 Å². The van der Waals surface area contributed by atoms with Gasteiger partial charge < -0.3 is 0 Å². The van der Waals surface area contributed by atoms with Gasteiger partial charge in [0.25, 0.3) is 0 Å². The van der Waals surface area contributed by atoms with Crippen molar-refractivity contribution >= 4 is 10.0 Å². The van der Waals surface area contributed by atoms with E-state index in [1.807, 2.05) is 37.3 Å². The monoisotopic (exact) mass is 294 g/mol. The molecule has 2 aliphatic rings.